The zero-order valence-corrected chi connectivity index (χ0v) is 34.2. The van der Waals surface area contributed by atoms with Crippen LogP contribution < -0.4 is 44.4 Å². The Kier molecular flexibility index (Phi) is 12.2. The van der Waals surface area contributed by atoms with Crippen LogP contribution in [0.25, 0.3) is 0 Å². The lowest BCUT2D eigenvalue weighted by Gasteiger charge is -2.18. The van der Waals surface area contributed by atoms with Crippen LogP contribution in [0, 0.1) is 0 Å². The van der Waals surface area contributed by atoms with E-state index >= 15 is 0 Å². The van der Waals surface area contributed by atoms with Crippen molar-refractivity contribution in [2.75, 3.05) is 37.3 Å². The van der Waals surface area contributed by atoms with Crippen LogP contribution >= 0.6 is 0 Å². The third kappa shape index (κ3) is 9.79. The summed E-state index contributed by atoms with van der Waals surface area (Å²) in [5.41, 5.74) is 8.05. The average molecular weight is 808 g/mol. The molecule has 0 radical (unpaired) electrons. The summed E-state index contributed by atoms with van der Waals surface area (Å²) in [6, 6.07) is 33.5. The summed E-state index contributed by atoms with van der Waals surface area (Å²) in [4.78, 5) is 34.8. The van der Waals surface area contributed by atoms with E-state index in [4.69, 9.17) is 28.4 Å². The number of hydrogen-bond donors (Lipinski definition) is 3. The van der Waals surface area contributed by atoms with Crippen LogP contribution in [0.4, 0.5) is 17.1 Å². The van der Waals surface area contributed by atoms with E-state index in [9.17, 15) is 14.4 Å². The molecule has 0 saturated carbocycles. The highest BCUT2D eigenvalue weighted by atomic mass is 16.5. The molecule has 0 atom stereocenters. The minimum absolute atomic E-state index is 0.160. The zero-order valence-electron chi connectivity index (χ0n) is 34.2. The fraction of sp³-hybridized carbons (Fsp3) is 0.188. The lowest BCUT2D eigenvalue weighted by molar-refractivity contribution is -0.115. The van der Waals surface area contributed by atoms with Gasteiger partial charge in [0, 0.05) is 37.8 Å². The highest BCUT2D eigenvalue weighted by molar-refractivity contribution is 5.89. The van der Waals surface area contributed by atoms with E-state index in [0.29, 0.717) is 88.1 Å². The molecule has 3 amide bonds. The largest absolute Gasteiger partial charge is 0.493 e. The highest BCUT2D eigenvalue weighted by Gasteiger charge is 2.23. The van der Waals surface area contributed by atoms with Crippen molar-refractivity contribution in [2.45, 2.75) is 40.0 Å². The maximum atomic E-state index is 11.6. The molecule has 6 aromatic rings. The Morgan fingerprint density at radius 1 is 0.367 bits per heavy atom. The first-order valence-corrected chi connectivity index (χ1v) is 19.2. The molecular weight excluding hydrogens is 763 g/mol. The van der Waals surface area contributed by atoms with Crippen molar-refractivity contribution in [3.8, 4) is 51.7 Å². The van der Waals surface area contributed by atoms with Crippen LogP contribution in [0.5, 0.6) is 51.7 Å². The third-order valence-electron chi connectivity index (χ3n) is 9.81. The zero-order chi connectivity index (χ0) is 42.3. The van der Waals surface area contributed by atoms with E-state index in [1.54, 1.807) is 94.1 Å². The molecule has 12 heteroatoms. The minimum Gasteiger partial charge on any atom is -0.493 e. The van der Waals surface area contributed by atoms with Crippen LogP contribution in [-0.2, 0) is 33.6 Å². The summed E-state index contributed by atoms with van der Waals surface area (Å²) < 4.78 is 37.0. The van der Waals surface area contributed by atoms with Gasteiger partial charge in [-0.3, -0.25) is 14.4 Å². The van der Waals surface area contributed by atoms with Crippen molar-refractivity contribution >= 4 is 34.8 Å². The Bertz CT molecular complexity index is 2270. The molecule has 0 heterocycles. The van der Waals surface area contributed by atoms with Gasteiger partial charge in [-0.1, -0.05) is 0 Å². The highest BCUT2D eigenvalue weighted by Crippen LogP contribution is 2.43. The predicted octanol–water partition coefficient (Wildman–Crippen LogP) is 10.1. The topological polar surface area (TPSA) is 143 Å². The van der Waals surface area contributed by atoms with Gasteiger partial charge in [0.1, 0.15) is 17.2 Å². The van der Waals surface area contributed by atoms with Gasteiger partial charge < -0.3 is 44.4 Å². The van der Waals surface area contributed by atoms with E-state index in [0.717, 1.165) is 33.4 Å². The second kappa shape index (κ2) is 18.0. The van der Waals surface area contributed by atoms with Crippen LogP contribution in [0.1, 0.15) is 54.2 Å². The standard InChI is InChI=1S/C48H45N3O9/c1-28(52)49-37-7-13-40(14-8-37)58-46-25-34-19-32-23-44(56-5)48(60-42-17-11-39(12-18-42)51-30(3)54)27-36(32)21-33-24-45(57-6)47(26-35(33)20-31(34)22-43(46)55-4)59-41-15-9-38(10-16-41)50-29(2)53/h7-18,22-27H,19-21H2,1-6H3,(H,49,52)(H,50,53)(H,51,54). The van der Waals surface area contributed by atoms with Gasteiger partial charge in [-0.25, -0.2) is 0 Å². The molecular formula is C48H45N3O9. The van der Waals surface area contributed by atoms with E-state index in [1.807, 2.05) is 36.4 Å². The third-order valence-corrected chi connectivity index (χ3v) is 9.81. The summed E-state index contributed by atoms with van der Waals surface area (Å²) in [5, 5.41) is 8.34. The van der Waals surface area contributed by atoms with Gasteiger partial charge in [0.25, 0.3) is 0 Å². The summed E-state index contributed by atoms with van der Waals surface area (Å²) in [5.74, 6) is 4.48. The molecule has 1 aliphatic rings. The SMILES string of the molecule is COc1cc2c(cc1Oc1ccc(NC(C)=O)cc1)Cc1cc(OC)c(Oc3ccc(NC(C)=O)cc3)cc1Cc1cc(OC)c(Oc3ccc(NC(C)=O)cc3)cc1C2. The number of carbonyl (C=O) groups excluding carboxylic acids is 3. The second-order valence-corrected chi connectivity index (χ2v) is 14.3. The Morgan fingerprint density at radius 3 is 0.783 bits per heavy atom. The van der Waals surface area contributed by atoms with Crippen molar-refractivity contribution in [3.63, 3.8) is 0 Å². The molecule has 0 fully saturated rings. The first-order valence-electron chi connectivity index (χ1n) is 19.2. The van der Waals surface area contributed by atoms with Crippen molar-refractivity contribution in [3.05, 3.63) is 143 Å². The smallest absolute Gasteiger partial charge is 0.221 e. The summed E-state index contributed by atoms with van der Waals surface area (Å²) in [7, 11) is 4.84. The predicted molar refractivity (Wildman–Crippen MR) is 230 cm³/mol. The fourth-order valence-electron chi connectivity index (χ4n) is 7.06. The van der Waals surface area contributed by atoms with Crippen molar-refractivity contribution < 1.29 is 42.8 Å². The lowest BCUT2D eigenvalue weighted by Crippen LogP contribution is -2.05. The molecule has 3 N–H and O–H groups in total. The molecule has 0 bridgehead atoms. The van der Waals surface area contributed by atoms with Crippen LogP contribution in [0.3, 0.4) is 0 Å². The number of rotatable bonds is 12. The number of nitrogens with one attached hydrogen (secondary N) is 3. The summed E-state index contributed by atoms with van der Waals surface area (Å²) in [6.45, 7) is 4.39. The molecule has 7 rings (SSSR count). The van der Waals surface area contributed by atoms with E-state index in [-0.39, 0.29) is 17.7 Å². The van der Waals surface area contributed by atoms with Crippen LogP contribution in [0.2, 0.25) is 0 Å². The number of carbonyl (C=O) groups is 3. The van der Waals surface area contributed by atoms with Crippen molar-refractivity contribution in [1.29, 1.82) is 0 Å². The summed E-state index contributed by atoms with van der Waals surface area (Å²) in [6.07, 6.45) is 1.59. The van der Waals surface area contributed by atoms with Gasteiger partial charge in [0.2, 0.25) is 17.7 Å². The molecule has 0 unspecified atom stereocenters. The molecule has 0 spiro atoms. The molecule has 0 aliphatic heterocycles. The van der Waals surface area contributed by atoms with Gasteiger partial charge in [0.05, 0.1) is 21.3 Å². The van der Waals surface area contributed by atoms with Crippen LogP contribution in [0.15, 0.2) is 109 Å². The molecule has 6 aromatic carbocycles. The number of benzene rings is 6. The number of methoxy groups -OCH3 is 3. The van der Waals surface area contributed by atoms with Gasteiger partial charge in [-0.05, 0) is 162 Å². The van der Waals surface area contributed by atoms with E-state index in [1.165, 1.54) is 20.8 Å². The van der Waals surface area contributed by atoms with E-state index < -0.39 is 0 Å². The number of ether oxygens (including phenoxy) is 6. The van der Waals surface area contributed by atoms with Gasteiger partial charge >= 0.3 is 0 Å². The van der Waals surface area contributed by atoms with Gasteiger partial charge in [-0.15, -0.1) is 0 Å². The quantitative estimate of drug-likeness (QED) is 0.110. The van der Waals surface area contributed by atoms with Crippen molar-refractivity contribution in [1.82, 2.24) is 0 Å². The molecule has 0 aromatic heterocycles. The van der Waals surface area contributed by atoms with Crippen molar-refractivity contribution in [2.24, 2.45) is 0 Å². The molecule has 60 heavy (non-hydrogen) atoms. The van der Waals surface area contributed by atoms with Crippen LogP contribution in [-0.4, -0.2) is 39.1 Å². The molecule has 1 aliphatic carbocycles. The minimum atomic E-state index is -0.160. The van der Waals surface area contributed by atoms with E-state index in [2.05, 4.69) is 16.0 Å². The first kappa shape index (κ1) is 40.7. The Morgan fingerprint density at radius 2 is 0.583 bits per heavy atom. The maximum absolute atomic E-state index is 11.6. The Labute approximate surface area is 348 Å². The normalized spacial score (nSPS) is 11.5. The maximum Gasteiger partial charge on any atom is 0.221 e. The second-order valence-electron chi connectivity index (χ2n) is 14.3. The number of fused-ring (bicyclic) bond motifs is 3. The fourth-order valence-corrected chi connectivity index (χ4v) is 7.06. The summed E-state index contributed by atoms with van der Waals surface area (Å²) >= 11 is 0. The lowest BCUT2D eigenvalue weighted by atomic mass is 9.94. The molecule has 12 nitrogen and oxygen atoms in total. The Hall–Kier alpha value is -7.47. The average Bonchev–Trinajstić information content (AvgIpc) is 3.27. The Balaban J connectivity index is 1.32. The number of hydrogen-bond acceptors (Lipinski definition) is 9. The number of amides is 3. The number of anilines is 3. The molecule has 306 valence electrons. The first-order chi connectivity index (χ1) is 29.0. The van der Waals surface area contributed by atoms with Gasteiger partial charge in [0.15, 0.2) is 34.5 Å². The van der Waals surface area contributed by atoms with Gasteiger partial charge in [-0.2, -0.15) is 0 Å². The monoisotopic (exact) mass is 807 g/mol. The molecule has 0 saturated heterocycles.